The van der Waals surface area contributed by atoms with E-state index in [1.54, 1.807) is 19.0 Å². The molecule has 1 heterocycles. The van der Waals surface area contributed by atoms with Gasteiger partial charge in [0.2, 0.25) is 5.91 Å². The number of aromatic nitrogens is 1. The number of thiazole rings is 1. The second-order valence-corrected chi connectivity index (χ2v) is 5.45. The topological polar surface area (TPSA) is 76.3 Å². The van der Waals surface area contributed by atoms with E-state index >= 15 is 0 Å². The minimum absolute atomic E-state index is 0. The van der Waals surface area contributed by atoms with Gasteiger partial charge < -0.3 is 10.6 Å². The third-order valence-electron chi connectivity index (χ3n) is 2.58. The summed E-state index contributed by atoms with van der Waals surface area (Å²) in [4.78, 5) is 28.5. The van der Waals surface area contributed by atoms with Crippen LogP contribution in [0, 0.1) is 0 Å². The largest absolute Gasteiger partial charge is 0.365 e. The molecule has 0 saturated carbocycles. The summed E-state index contributed by atoms with van der Waals surface area (Å²) in [6.07, 6.45) is 5.83. The molecule has 0 atom stereocenters. The van der Waals surface area contributed by atoms with E-state index in [0.29, 0.717) is 11.3 Å². The number of amides is 2. The highest BCUT2D eigenvalue weighted by atomic mass is 35.5. The third kappa shape index (κ3) is 6.54. The van der Waals surface area contributed by atoms with Crippen LogP contribution in [0.3, 0.4) is 0 Å². The van der Waals surface area contributed by atoms with Gasteiger partial charge in [0.05, 0.1) is 11.2 Å². The summed E-state index contributed by atoms with van der Waals surface area (Å²) in [5, 5.41) is 0.933. The van der Waals surface area contributed by atoms with E-state index in [-0.39, 0.29) is 18.3 Å². The maximum Gasteiger partial charge on any atom is 0.260 e. The van der Waals surface area contributed by atoms with Crippen molar-refractivity contribution in [2.45, 2.75) is 32.1 Å². The Morgan fingerprint density at radius 1 is 1.32 bits per heavy atom. The molecular weight excluding hydrogens is 286 g/mol. The summed E-state index contributed by atoms with van der Waals surface area (Å²) in [5.74, 6) is -0.254. The molecule has 1 aromatic heterocycles. The maximum absolute atomic E-state index is 11.3. The molecular formula is C12H20ClN3O2S. The monoisotopic (exact) mass is 305 g/mol. The Balaban J connectivity index is 0.00000324. The molecule has 19 heavy (non-hydrogen) atoms. The van der Waals surface area contributed by atoms with Crippen LogP contribution in [0.15, 0.2) is 6.20 Å². The highest BCUT2D eigenvalue weighted by Gasteiger charge is 2.07. The van der Waals surface area contributed by atoms with E-state index in [4.69, 9.17) is 5.73 Å². The highest BCUT2D eigenvalue weighted by Crippen LogP contribution is 2.15. The van der Waals surface area contributed by atoms with Gasteiger partial charge in [-0.15, -0.1) is 23.7 Å². The molecule has 0 bridgehead atoms. The average Bonchev–Trinajstić information content (AvgIpc) is 2.77. The second-order valence-electron chi connectivity index (χ2n) is 4.33. The van der Waals surface area contributed by atoms with Crippen molar-refractivity contribution in [1.82, 2.24) is 9.88 Å². The Labute approximate surface area is 123 Å². The molecule has 0 aromatic carbocycles. The number of nitrogens with two attached hydrogens (primary N) is 1. The minimum atomic E-state index is -0.421. The molecule has 0 aliphatic carbocycles. The average molecular weight is 306 g/mol. The van der Waals surface area contributed by atoms with Crippen LogP contribution in [0.5, 0.6) is 0 Å². The van der Waals surface area contributed by atoms with Crippen LogP contribution in [0.25, 0.3) is 0 Å². The second kappa shape index (κ2) is 8.87. The number of halogens is 1. The molecule has 0 radical (unpaired) electrons. The number of primary amides is 1. The normalized spacial score (nSPS) is 9.79. The Hall–Kier alpha value is -1.14. The van der Waals surface area contributed by atoms with Gasteiger partial charge in [-0.25, -0.2) is 4.98 Å². The lowest BCUT2D eigenvalue weighted by Gasteiger charge is -2.09. The van der Waals surface area contributed by atoms with E-state index in [0.717, 1.165) is 30.7 Å². The molecule has 2 N–H and O–H groups in total. The number of hydrogen-bond donors (Lipinski definition) is 1. The van der Waals surface area contributed by atoms with Crippen LogP contribution < -0.4 is 5.73 Å². The van der Waals surface area contributed by atoms with Gasteiger partial charge >= 0.3 is 0 Å². The van der Waals surface area contributed by atoms with Crippen LogP contribution >= 0.6 is 23.7 Å². The zero-order valence-corrected chi connectivity index (χ0v) is 12.9. The Morgan fingerprint density at radius 3 is 2.53 bits per heavy atom. The lowest BCUT2D eigenvalue weighted by molar-refractivity contribution is -0.128. The molecule has 1 rings (SSSR count). The molecule has 7 heteroatoms. The molecule has 2 amide bonds. The summed E-state index contributed by atoms with van der Waals surface area (Å²) >= 11 is 1.35. The van der Waals surface area contributed by atoms with Crippen LogP contribution in [-0.4, -0.2) is 35.8 Å². The van der Waals surface area contributed by atoms with Gasteiger partial charge in [-0.3, -0.25) is 9.59 Å². The number of aryl methyl sites for hydroxylation is 1. The first-order chi connectivity index (χ1) is 8.50. The quantitative estimate of drug-likeness (QED) is 0.781. The number of carbonyl (C=O) groups excluding carboxylic acids is 2. The van der Waals surface area contributed by atoms with Crippen molar-refractivity contribution in [2.75, 3.05) is 14.1 Å². The number of rotatable bonds is 7. The molecule has 1 aromatic rings. The van der Waals surface area contributed by atoms with Crippen molar-refractivity contribution in [3.63, 3.8) is 0 Å². The van der Waals surface area contributed by atoms with E-state index in [9.17, 15) is 9.59 Å². The molecule has 0 aliphatic heterocycles. The van der Waals surface area contributed by atoms with Crippen molar-refractivity contribution in [3.8, 4) is 0 Å². The van der Waals surface area contributed by atoms with Crippen LogP contribution in [-0.2, 0) is 11.2 Å². The molecule has 5 nitrogen and oxygen atoms in total. The van der Waals surface area contributed by atoms with Gasteiger partial charge in [0.15, 0.2) is 0 Å². The van der Waals surface area contributed by atoms with Crippen molar-refractivity contribution >= 4 is 35.6 Å². The van der Waals surface area contributed by atoms with Gasteiger partial charge in [0.25, 0.3) is 5.91 Å². The van der Waals surface area contributed by atoms with Gasteiger partial charge in [0.1, 0.15) is 4.88 Å². The fourth-order valence-electron chi connectivity index (χ4n) is 1.49. The fraction of sp³-hybridized carbons (Fsp3) is 0.583. The predicted molar refractivity (Wildman–Crippen MR) is 78.7 cm³/mol. The number of carbonyl (C=O) groups is 2. The third-order valence-corrected chi connectivity index (χ3v) is 3.65. The first-order valence-electron chi connectivity index (χ1n) is 5.95. The standard InChI is InChI=1S/C12H19N3O2S.ClH/c1-15(2)11(16)7-5-3-4-6-10-14-8-9(18-10)12(13)17;/h8H,3-7H2,1-2H3,(H2,13,17);1H. The zero-order chi connectivity index (χ0) is 13.5. The summed E-state index contributed by atoms with van der Waals surface area (Å²) in [6.45, 7) is 0. The van der Waals surface area contributed by atoms with Crippen molar-refractivity contribution in [2.24, 2.45) is 5.73 Å². The van der Waals surface area contributed by atoms with Crippen molar-refractivity contribution in [3.05, 3.63) is 16.1 Å². The Kier molecular flexibility index (Phi) is 8.34. The molecule has 0 spiro atoms. The minimum Gasteiger partial charge on any atom is -0.365 e. The Bertz CT molecular complexity index is 421. The van der Waals surface area contributed by atoms with Gasteiger partial charge in [-0.1, -0.05) is 6.42 Å². The smallest absolute Gasteiger partial charge is 0.260 e. The lowest BCUT2D eigenvalue weighted by Crippen LogP contribution is -2.20. The van der Waals surface area contributed by atoms with Gasteiger partial charge in [-0.2, -0.15) is 0 Å². The number of hydrogen-bond acceptors (Lipinski definition) is 4. The van der Waals surface area contributed by atoms with E-state index < -0.39 is 5.91 Å². The molecule has 0 fully saturated rings. The molecule has 108 valence electrons. The maximum atomic E-state index is 11.3. The first-order valence-corrected chi connectivity index (χ1v) is 6.77. The molecule has 0 unspecified atom stereocenters. The SMILES string of the molecule is CN(C)C(=O)CCCCCc1ncc(C(N)=O)s1.Cl. The van der Waals surface area contributed by atoms with E-state index in [2.05, 4.69) is 4.98 Å². The summed E-state index contributed by atoms with van der Waals surface area (Å²) in [7, 11) is 3.53. The van der Waals surface area contributed by atoms with Crippen molar-refractivity contribution in [1.29, 1.82) is 0 Å². The van der Waals surface area contributed by atoms with E-state index in [1.165, 1.54) is 17.5 Å². The van der Waals surface area contributed by atoms with Gasteiger partial charge in [0, 0.05) is 20.5 Å². The predicted octanol–water partition coefficient (Wildman–Crippen LogP) is 1.85. The number of nitrogens with zero attached hydrogens (tertiary/aromatic N) is 2. The van der Waals surface area contributed by atoms with Crippen LogP contribution in [0.1, 0.15) is 40.4 Å². The van der Waals surface area contributed by atoms with E-state index in [1.807, 2.05) is 0 Å². The van der Waals surface area contributed by atoms with Crippen LogP contribution in [0.2, 0.25) is 0 Å². The Morgan fingerprint density at radius 2 is 2.00 bits per heavy atom. The first kappa shape index (κ1) is 17.9. The highest BCUT2D eigenvalue weighted by molar-refractivity contribution is 7.13. The lowest BCUT2D eigenvalue weighted by atomic mass is 10.1. The van der Waals surface area contributed by atoms with Crippen molar-refractivity contribution < 1.29 is 9.59 Å². The summed E-state index contributed by atoms with van der Waals surface area (Å²) in [5.41, 5.74) is 5.15. The number of unbranched alkanes of at least 4 members (excludes halogenated alkanes) is 2. The molecule has 0 saturated heterocycles. The zero-order valence-electron chi connectivity index (χ0n) is 11.2. The van der Waals surface area contributed by atoms with Crippen LogP contribution in [0.4, 0.5) is 0 Å². The fourth-order valence-corrected chi connectivity index (χ4v) is 2.30. The van der Waals surface area contributed by atoms with Gasteiger partial charge in [-0.05, 0) is 19.3 Å². The molecule has 0 aliphatic rings. The summed E-state index contributed by atoms with van der Waals surface area (Å²) in [6, 6.07) is 0. The summed E-state index contributed by atoms with van der Waals surface area (Å²) < 4.78 is 0.